The van der Waals surface area contributed by atoms with Gasteiger partial charge in [0.15, 0.2) is 5.11 Å². The fraction of sp³-hybridized carbons (Fsp3) is 0.923. The van der Waals surface area contributed by atoms with E-state index in [1.807, 2.05) is 13.8 Å². The summed E-state index contributed by atoms with van der Waals surface area (Å²) >= 11 is 5.17. The van der Waals surface area contributed by atoms with Crippen LogP contribution in [0.5, 0.6) is 0 Å². The Kier molecular flexibility index (Phi) is 7.53. The second-order valence-electron chi connectivity index (χ2n) is 5.87. The summed E-state index contributed by atoms with van der Waals surface area (Å²) in [5.74, 6) is 0. The minimum Gasteiger partial charge on any atom is -0.360 e. The van der Waals surface area contributed by atoms with Crippen LogP contribution in [0.3, 0.4) is 0 Å². The van der Waals surface area contributed by atoms with E-state index in [-0.39, 0.29) is 6.04 Å². The van der Waals surface area contributed by atoms with Crippen LogP contribution in [0, 0.1) is 0 Å². The van der Waals surface area contributed by atoms with E-state index >= 15 is 0 Å². The first-order valence-corrected chi connectivity index (χ1v) is 9.61. The van der Waals surface area contributed by atoms with E-state index < -0.39 is 27.6 Å². The Balaban J connectivity index is 2.67. The number of halogens is 3. The molecule has 0 spiro atoms. The van der Waals surface area contributed by atoms with Gasteiger partial charge in [-0.25, -0.2) is 13.1 Å². The smallest absolute Gasteiger partial charge is 0.360 e. The third-order valence-corrected chi connectivity index (χ3v) is 5.25. The first-order chi connectivity index (χ1) is 10.6. The van der Waals surface area contributed by atoms with Crippen LogP contribution < -0.4 is 15.4 Å². The van der Waals surface area contributed by atoms with Gasteiger partial charge in [0.1, 0.15) is 0 Å². The van der Waals surface area contributed by atoms with E-state index in [0.29, 0.717) is 24.4 Å². The van der Waals surface area contributed by atoms with Crippen LogP contribution >= 0.6 is 12.2 Å². The van der Waals surface area contributed by atoms with Crippen LogP contribution in [0.25, 0.3) is 0 Å². The molecule has 5 nitrogen and oxygen atoms in total. The lowest BCUT2D eigenvalue weighted by molar-refractivity contribution is -0.0453. The number of sulfonamides is 1. The van der Waals surface area contributed by atoms with Crippen LogP contribution in [0.1, 0.15) is 52.4 Å². The number of hydrogen-bond acceptors (Lipinski definition) is 3. The molecule has 10 heteroatoms. The molecule has 0 aromatic carbocycles. The van der Waals surface area contributed by atoms with Crippen molar-refractivity contribution >= 4 is 27.4 Å². The highest BCUT2D eigenvalue weighted by Gasteiger charge is 2.47. The highest BCUT2D eigenvalue weighted by Crippen LogP contribution is 2.25. The van der Waals surface area contributed by atoms with E-state index in [2.05, 4.69) is 10.6 Å². The molecule has 0 aromatic heterocycles. The van der Waals surface area contributed by atoms with Crippen LogP contribution in [0.2, 0.25) is 0 Å². The van der Waals surface area contributed by atoms with Gasteiger partial charge in [-0.2, -0.15) is 13.2 Å². The zero-order valence-corrected chi connectivity index (χ0v) is 14.9. The molecule has 3 N–H and O–H groups in total. The van der Waals surface area contributed by atoms with Gasteiger partial charge in [-0.05, 0) is 38.4 Å². The molecule has 1 aliphatic rings. The van der Waals surface area contributed by atoms with Gasteiger partial charge in [-0.3, -0.25) is 0 Å². The molecule has 136 valence electrons. The molecule has 0 amide bonds. The first kappa shape index (κ1) is 20.4. The SMILES string of the molecule is CCCC(C)NC(=S)N[C@H]1CCCC[C@@H]1NS(=O)(=O)C(F)(F)F. The Bertz CT molecular complexity index is 497. The molecular weight excluding hydrogens is 351 g/mol. The van der Waals surface area contributed by atoms with Gasteiger partial charge in [0.2, 0.25) is 0 Å². The van der Waals surface area contributed by atoms with Gasteiger partial charge in [0.05, 0.1) is 0 Å². The molecule has 0 heterocycles. The van der Waals surface area contributed by atoms with Crippen molar-refractivity contribution in [2.24, 2.45) is 0 Å². The third-order valence-electron chi connectivity index (χ3n) is 3.79. The molecule has 1 rings (SSSR count). The Morgan fingerprint density at radius 3 is 2.35 bits per heavy atom. The number of nitrogens with one attached hydrogen (secondary N) is 3. The monoisotopic (exact) mass is 375 g/mol. The molecule has 1 unspecified atom stereocenters. The van der Waals surface area contributed by atoms with E-state index in [1.54, 1.807) is 4.72 Å². The maximum Gasteiger partial charge on any atom is 0.511 e. The Morgan fingerprint density at radius 2 is 1.83 bits per heavy atom. The normalized spacial score (nSPS) is 24.0. The van der Waals surface area contributed by atoms with Gasteiger partial charge in [-0.1, -0.05) is 26.2 Å². The van der Waals surface area contributed by atoms with Gasteiger partial charge in [0, 0.05) is 18.1 Å². The van der Waals surface area contributed by atoms with Gasteiger partial charge < -0.3 is 10.6 Å². The summed E-state index contributed by atoms with van der Waals surface area (Å²) in [5, 5.41) is 6.36. The summed E-state index contributed by atoms with van der Waals surface area (Å²) in [5.41, 5.74) is -5.30. The van der Waals surface area contributed by atoms with Crippen molar-refractivity contribution in [2.75, 3.05) is 0 Å². The van der Waals surface area contributed by atoms with Crippen molar-refractivity contribution in [1.29, 1.82) is 0 Å². The Morgan fingerprint density at radius 1 is 1.26 bits per heavy atom. The van der Waals surface area contributed by atoms with Crippen molar-refractivity contribution < 1.29 is 21.6 Å². The number of rotatable bonds is 6. The predicted octanol–water partition coefficient (Wildman–Crippen LogP) is 2.39. The van der Waals surface area contributed by atoms with Crippen molar-refractivity contribution in [2.45, 2.75) is 76.0 Å². The van der Waals surface area contributed by atoms with Crippen LogP contribution in [-0.4, -0.2) is 37.2 Å². The molecule has 1 aliphatic carbocycles. The zero-order chi connectivity index (χ0) is 17.7. The van der Waals surface area contributed by atoms with Gasteiger partial charge in [0.25, 0.3) is 0 Å². The molecule has 23 heavy (non-hydrogen) atoms. The molecule has 0 saturated heterocycles. The number of thiocarbonyl (C=S) groups is 1. The minimum absolute atomic E-state index is 0.147. The van der Waals surface area contributed by atoms with Crippen LogP contribution in [-0.2, 0) is 10.0 Å². The van der Waals surface area contributed by atoms with Crippen molar-refractivity contribution in [3.8, 4) is 0 Å². The third kappa shape index (κ3) is 6.42. The average molecular weight is 375 g/mol. The molecule has 0 aromatic rings. The predicted molar refractivity (Wildman–Crippen MR) is 87.4 cm³/mol. The first-order valence-electron chi connectivity index (χ1n) is 7.72. The lowest BCUT2D eigenvalue weighted by Gasteiger charge is -2.34. The highest BCUT2D eigenvalue weighted by atomic mass is 32.2. The van der Waals surface area contributed by atoms with E-state index in [4.69, 9.17) is 12.2 Å². The lowest BCUT2D eigenvalue weighted by Crippen LogP contribution is -2.57. The Hall–Kier alpha value is -0.610. The van der Waals surface area contributed by atoms with Gasteiger partial charge in [-0.15, -0.1) is 0 Å². The molecule has 1 fully saturated rings. The summed E-state index contributed by atoms with van der Waals surface area (Å²) in [6.07, 6.45) is 4.30. The second-order valence-corrected chi connectivity index (χ2v) is 7.99. The topological polar surface area (TPSA) is 70.2 Å². The molecular formula is C13H24F3N3O2S2. The standard InChI is InChI=1S/C13H24F3N3O2S2/c1-3-6-9(2)17-12(22)18-10-7-4-5-8-11(10)19-23(20,21)13(14,15)16/h9-11,19H,3-8H2,1-2H3,(H2,17,18,22)/t9?,10-,11-/m0/s1. The average Bonchev–Trinajstić information content (AvgIpc) is 2.39. The molecule has 0 radical (unpaired) electrons. The van der Waals surface area contributed by atoms with Crippen LogP contribution in [0.4, 0.5) is 13.2 Å². The zero-order valence-electron chi connectivity index (χ0n) is 13.2. The summed E-state index contributed by atoms with van der Waals surface area (Å²) in [7, 11) is -5.35. The van der Waals surface area contributed by atoms with Gasteiger partial charge >= 0.3 is 15.5 Å². The van der Waals surface area contributed by atoms with E-state index in [1.165, 1.54) is 0 Å². The maximum absolute atomic E-state index is 12.5. The molecule has 0 aliphatic heterocycles. The fourth-order valence-corrected chi connectivity index (χ4v) is 3.82. The van der Waals surface area contributed by atoms with E-state index in [0.717, 1.165) is 19.3 Å². The molecule has 1 saturated carbocycles. The van der Waals surface area contributed by atoms with Crippen molar-refractivity contribution in [1.82, 2.24) is 15.4 Å². The summed E-state index contributed by atoms with van der Waals surface area (Å²) < 4.78 is 61.9. The summed E-state index contributed by atoms with van der Waals surface area (Å²) in [6.45, 7) is 4.00. The quantitative estimate of drug-likeness (QED) is 0.622. The fourth-order valence-electron chi connectivity index (χ4n) is 2.65. The van der Waals surface area contributed by atoms with Crippen molar-refractivity contribution in [3.63, 3.8) is 0 Å². The molecule has 0 bridgehead atoms. The Labute approximate surface area is 140 Å². The van der Waals surface area contributed by atoms with E-state index in [9.17, 15) is 21.6 Å². The lowest BCUT2D eigenvalue weighted by atomic mass is 9.91. The number of hydrogen-bond donors (Lipinski definition) is 3. The second kappa shape index (κ2) is 8.48. The maximum atomic E-state index is 12.5. The van der Waals surface area contributed by atoms with Crippen LogP contribution in [0.15, 0.2) is 0 Å². The molecule has 3 atom stereocenters. The minimum atomic E-state index is -5.35. The summed E-state index contributed by atoms with van der Waals surface area (Å²) in [6, 6.07) is -1.12. The number of alkyl halides is 3. The largest absolute Gasteiger partial charge is 0.511 e. The van der Waals surface area contributed by atoms with Crippen molar-refractivity contribution in [3.05, 3.63) is 0 Å². The summed E-state index contributed by atoms with van der Waals surface area (Å²) in [4.78, 5) is 0. The highest BCUT2D eigenvalue weighted by molar-refractivity contribution is 7.90.